The summed E-state index contributed by atoms with van der Waals surface area (Å²) in [7, 11) is 1.38. The zero-order chi connectivity index (χ0) is 26.3. The van der Waals surface area contributed by atoms with Gasteiger partial charge in [-0.25, -0.2) is 4.98 Å². The lowest BCUT2D eigenvalue weighted by Crippen LogP contribution is -2.29. The molecule has 3 aromatic rings. The molecule has 36 heavy (non-hydrogen) atoms. The monoisotopic (exact) mass is 501 g/mol. The van der Waals surface area contributed by atoms with Gasteiger partial charge in [0.2, 0.25) is 5.95 Å². The molecule has 1 heterocycles. The number of halogens is 3. The summed E-state index contributed by atoms with van der Waals surface area (Å²) in [5.74, 6) is 0.892. The van der Waals surface area contributed by atoms with E-state index in [1.807, 2.05) is 13.0 Å². The quantitative estimate of drug-likeness (QED) is 0.353. The van der Waals surface area contributed by atoms with Crippen molar-refractivity contribution in [3.8, 4) is 0 Å². The molecule has 4 rings (SSSR count). The molecule has 8 heteroatoms. The van der Waals surface area contributed by atoms with Gasteiger partial charge in [-0.05, 0) is 91.5 Å². The summed E-state index contributed by atoms with van der Waals surface area (Å²) >= 11 is 0. The zero-order valence-electron chi connectivity index (χ0n) is 21.5. The number of alkyl halides is 3. The Morgan fingerprint density at radius 1 is 1.19 bits per heavy atom. The molecule has 1 N–H and O–H groups in total. The van der Waals surface area contributed by atoms with E-state index >= 15 is 0 Å². The zero-order valence-corrected chi connectivity index (χ0v) is 21.5. The maximum atomic E-state index is 13.0. The lowest BCUT2D eigenvalue weighted by Gasteiger charge is -2.40. The van der Waals surface area contributed by atoms with Crippen LogP contribution in [0.4, 0.5) is 24.8 Å². The first-order valence-corrected chi connectivity index (χ1v) is 12.4. The molecule has 1 aliphatic carbocycles. The Hall–Kier alpha value is -3.03. The number of hydrogen-bond donors (Lipinski definition) is 1. The molecule has 5 nitrogen and oxygen atoms in total. The van der Waals surface area contributed by atoms with Crippen LogP contribution < -0.4 is 5.32 Å². The van der Waals surface area contributed by atoms with Gasteiger partial charge in [0.05, 0.1) is 23.7 Å². The molecule has 1 saturated carbocycles. The number of nitrogens with zero attached hydrogens (tertiary/aromatic N) is 2. The first kappa shape index (κ1) is 26.0. The number of aryl methyl sites for hydroxylation is 2. The Kier molecular flexibility index (Phi) is 7.08. The predicted molar refractivity (Wildman–Crippen MR) is 135 cm³/mol. The molecule has 1 aliphatic rings. The molecule has 0 aliphatic heterocycles. The fourth-order valence-electron chi connectivity index (χ4n) is 5.72. The van der Waals surface area contributed by atoms with Gasteiger partial charge in [0.1, 0.15) is 0 Å². The van der Waals surface area contributed by atoms with Crippen molar-refractivity contribution in [1.29, 1.82) is 0 Å². The molecular formula is C28H34F3N3O2. The fraction of sp³-hybridized carbons (Fsp3) is 0.500. The minimum Gasteiger partial charge on any atom is -0.469 e. The normalized spacial score (nSPS) is 19.9. The van der Waals surface area contributed by atoms with E-state index in [9.17, 15) is 18.0 Å². The van der Waals surface area contributed by atoms with Gasteiger partial charge in [0, 0.05) is 18.2 Å². The maximum absolute atomic E-state index is 13.0. The number of fused-ring (bicyclic) bond motifs is 1. The summed E-state index contributed by atoms with van der Waals surface area (Å²) in [5.41, 5.74) is 3.90. The smallest absolute Gasteiger partial charge is 0.416 e. The summed E-state index contributed by atoms with van der Waals surface area (Å²) in [6, 6.07) is 9.36. The summed E-state index contributed by atoms with van der Waals surface area (Å²) in [4.78, 5) is 16.6. The Morgan fingerprint density at radius 2 is 1.89 bits per heavy atom. The van der Waals surface area contributed by atoms with Gasteiger partial charge in [0.15, 0.2) is 0 Å². The SMILES string of the molecule is COC(=O)CCc1cc2nc(Nc3ccc(C(F)(F)F)cc3)n([C@H]3C[C@@H](C)CC(C)(C)C3)c2cc1C. The number of aromatic nitrogens is 2. The molecule has 1 aromatic heterocycles. The number of rotatable bonds is 6. The summed E-state index contributed by atoms with van der Waals surface area (Å²) in [5, 5.41) is 3.29. The van der Waals surface area contributed by atoms with Crippen molar-refractivity contribution in [1.82, 2.24) is 9.55 Å². The van der Waals surface area contributed by atoms with Crippen LogP contribution in [-0.2, 0) is 22.1 Å². The maximum Gasteiger partial charge on any atom is 0.416 e. The van der Waals surface area contributed by atoms with Crippen LogP contribution in [-0.4, -0.2) is 22.6 Å². The Morgan fingerprint density at radius 3 is 2.50 bits per heavy atom. The first-order chi connectivity index (χ1) is 16.9. The summed E-state index contributed by atoms with van der Waals surface area (Å²) in [6.07, 6.45) is -0.416. The summed E-state index contributed by atoms with van der Waals surface area (Å²) in [6.45, 7) is 8.87. The third kappa shape index (κ3) is 5.68. The van der Waals surface area contributed by atoms with Gasteiger partial charge in [-0.15, -0.1) is 0 Å². The van der Waals surface area contributed by atoms with Crippen molar-refractivity contribution in [2.24, 2.45) is 11.3 Å². The number of esters is 1. The van der Waals surface area contributed by atoms with Crippen LogP contribution in [0.2, 0.25) is 0 Å². The molecule has 0 radical (unpaired) electrons. The lowest BCUT2D eigenvalue weighted by molar-refractivity contribution is -0.140. The molecule has 0 spiro atoms. The molecule has 194 valence electrons. The highest BCUT2D eigenvalue weighted by molar-refractivity contribution is 5.82. The van der Waals surface area contributed by atoms with E-state index in [1.54, 1.807) is 0 Å². The van der Waals surface area contributed by atoms with Crippen molar-refractivity contribution in [2.45, 2.75) is 72.0 Å². The third-order valence-electron chi connectivity index (χ3n) is 7.17. The Bertz CT molecular complexity index is 1250. The second-order valence-corrected chi connectivity index (χ2v) is 10.9. The minimum absolute atomic E-state index is 0.167. The molecular weight excluding hydrogens is 467 g/mol. The molecule has 0 bridgehead atoms. The Balaban J connectivity index is 1.76. The van der Waals surface area contributed by atoms with Crippen molar-refractivity contribution in [2.75, 3.05) is 12.4 Å². The van der Waals surface area contributed by atoms with Crippen LogP contribution in [0.3, 0.4) is 0 Å². The first-order valence-electron chi connectivity index (χ1n) is 12.4. The van der Waals surface area contributed by atoms with Gasteiger partial charge >= 0.3 is 12.1 Å². The number of carbonyl (C=O) groups is 1. The topological polar surface area (TPSA) is 56.1 Å². The van der Waals surface area contributed by atoms with Crippen molar-refractivity contribution >= 4 is 28.6 Å². The standard InChI is InChI=1S/C28H34F3N3O2/c1-17-12-22(16-27(3,4)15-17)34-24-13-18(2)19(6-11-25(35)36-5)14-23(24)33-26(34)32-21-9-7-20(8-10-21)28(29,30)31/h7-10,13-14,17,22H,6,11-12,15-16H2,1-5H3,(H,32,33)/t17-,22+/m1/s1. The summed E-state index contributed by atoms with van der Waals surface area (Å²) < 4.78 is 46.2. The number of benzene rings is 2. The Labute approximate surface area is 210 Å². The number of ether oxygens (including phenoxy) is 1. The highest BCUT2D eigenvalue weighted by Crippen LogP contribution is 2.46. The molecule has 0 amide bonds. The number of nitrogens with one attached hydrogen (secondary N) is 1. The van der Waals surface area contributed by atoms with E-state index in [-0.39, 0.29) is 23.8 Å². The van der Waals surface area contributed by atoms with Crippen molar-refractivity contribution < 1.29 is 22.7 Å². The average Bonchev–Trinajstić information content (AvgIpc) is 3.12. The van der Waals surface area contributed by atoms with Gasteiger partial charge < -0.3 is 14.6 Å². The van der Waals surface area contributed by atoms with E-state index in [2.05, 4.69) is 36.7 Å². The molecule has 1 fully saturated rings. The molecule has 2 aromatic carbocycles. The van der Waals surface area contributed by atoms with Crippen LogP contribution in [0.5, 0.6) is 0 Å². The molecule has 0 unspecified atom stereocenters. The van der Waals surface area contributed by atoms with E-state index < -0.39 is 11.7 Å². The van der Waals surface area contributed by atoms with Crippen molar-refractivity contribution in [3.05, 3.63) is 53.1 Å². The van der Waals surface area contributed by atoms with Crippen LogP contribution in [0.1, 0.15) is 69.2 Å². The fourth-order valence-corrected chi connectivity index (χ4v) is 5.72. The number of anilines is 2. The van der Waals surface area contributed by atoms with E-state index in [4.69, 9.17) is 9.72 Å². The average molecular weight is 502 g/mol. The third-order valence-corrected chi connectivity index (χ3v) is 7.17. The van der Waals surface area contributed by atoms with Crippen molar-refractivity contribution in [3.63, 3.8) is 0 Å². The second kappa shape index (κ2) is 9.79. The highest BCUT2D eigenvalue weighted by Gasteiger charge is 2.35. The number of methoxy groups -OCH3 is 1. The van der Waals surface area contributed by atoms with Crippen LogP contribution in [0, 0.1) is 18.3 Å². The van der Waals surface area contributed by atoms with E-state index in [0.717, 1.165) is 53.6 Å². The minimum atomic E-state index is -4.38. The lowest BCUT2D eigenvalue weighted by atomic mass is 9.70. The van der Waals surface area contributed by atoms with Crippen LogP contribution in [0.25, 0.3) is 11.0 Å². The molecule has 2 atom stereocenters. The van der Waals surface area contributed by atoms with Gasteiger partial charge in [-0.1, -0.05) is 20.8 Å². The van der Waals surface area contributed by atoms with Gasteiger partial charge in [0.25, 0.3) is 0 Å². The molecule has 0 saturated heterocycles. The number of imidazole rings is 1. The van der Waals surface area contributed by atoms with Crippen LogP contribution >= 0.6 is 0 Å². The largest absolute Gasteiger partial charge is 0.469 e. The van der Waals surface area contributed by atoms with Crippen LogP contribution in [0.15, 0.2) is 36.4 Å². The number of carbonyl (C=O) groups excluding carboxylic acids is 1. The predicted octanol–water partition coefficient (Wildman–Crippen LogP) is 7.60. The number of hydrogen-bond acceptors (Lipinski definition) is 4. The second-order valence-electron chi connectivity index (χ2n) is 10.9. The van der Waals surface area contributed by atoms with E-state index in [0.29, 0.717) is 24.0 Å². The van der Waals surface area contributed by atoms with Gasteiger partial charge in [-0.3, -0.25) is 4.79 Å². The van der Waals surface area contributed by atoms with Gasteiger partial charge in [-0.2, -0.15) is 13.2 Å². The highest BCUT2D eigenvalue weighted by atomic mass is 19.4. The van der Waals surface area contributed by atoms with E-state index in [1.165, 1.54) is 19.2 Å².